The second-order valence-corrected chi connectivity index (χ2v) is 4.25. The second kappa shape index (κ2) is 4.99. The molecular formula is C12H19NO. The zero-order chi connectivity index (χ0) is 10.6. The molecule has 2 heteroatoms. The van der Waals surface area contributed by atoms with Crippen molar-refractivity contribution in [3.63, 3.8) is 0 Å². The van der Waals surface area contributed by atoms with Gasteiger partial charge in [-0.2, -0.15) is 0 Å². The molecule has 0 aliphatic heterocycles. The molecule has 0 spiro atoms. The molecule has 0 unspecified atom stereocenters. The molecule has 0 aliphatic rings. The molecule has 78 valence electrons. The predicted octanol–water partition coefficient (Wildman–Crippen LogP) is 3.14. The van der Waals surface area contributed by atoms with E-state index < -0.39 is 0 Å². The quantitative estimate of drug-likeness (QED) is 0.733. The van der Waals surface area contributed by atoms with Crippen molar-refractivity contribution in [1.82, 2.24) is 4.98 Å². The zero-order valence-electron chi connectivity index (χ0n) is 9.40. The van der Waals surface area contributed by atoms with Gasteiger partial charge in [-0.1, -0.05) is 27.7 Å². The maximum absolute atomic E-state index is 5.90. The van der Waals surface area contributed by atoms with Crippen LogP contribution in [0.1, 0.15) is 27.7 Å². The van der Waals surface area contributed by atoms with Crippen molar-refractivity contribution in [2.45, 2.75) is 33.8 Å². The molecule has 0 saturated carbocycles. The van der Waals surface area contributed by atoms with E-state index in [9.17, 15) is 0 Å². The highest BCUT2D eigenvalue weighted by Gasteiger charge is 2.18. The van der Waals surface area contributed by atoms with E-state index in [2.05, 4.69) is 32.7 Å². The zero-order valence-corrected chi connectivity index (χ0v) is 9.40. The van der Waals surface area contributed by atoms with Gasteiger partial charge in [-0.15, -0.1) is 0 Å². The van der Waals surface area contributed by atoms with Crippen LogP contribution in [-0.2, 0) is 0 Å². The van der Waals surface area contributed by atoms with Crippen LogP contribution < -0.4 is 4.74 Å². The van der Waals surface area contributed by atoms with Gasteiger partial charge >= 0.3 is 0 Å². The highest BCUT2D eigenvalue weighted by atomic mass is 16.5. The standard InChI is InChI=1S/C12H19NO/c1-9(2)12(10(3)4)14-11-5-7-13-8-6-11/h5-10,12H,1-4H3. The van der Waals surface area contributed by atoms with Crippen LogP contribution in [-0.4, -0.2) is 11.1 Å². The van der Waals surface area contributed by atoms with Crippen LogP contribution in [0.5, 0.6) is 5.75 Å². The highest BCUT2D eigenvalue weighted by molar-refractivity contribution is 5.17. The molecule has 0 aliphatic carbocycles. The summed E-state index contributed by atoms with van der Waals surface area (Å²) >= 11 is 0. The molecule has 0 aromatic carbocycles. The van der Waals surface area contributed by atoms with Gasteiger partial charge in [0.05, 0.1) is 0 Å². The summed E-state index contributed by atoms with van der Waals surface area (Å²) in [5, 5.41) is 0. The van der Waals surface area contributed by atoms with Gasteiger partial charge in [0.2, 0.25) is 0 Å². The average molecular weight is 193 g/mol. The minimum Gasteiger partial charge on any atom is -0.490 e. The maximum Gasteiger partial charge on any atom is 0.122 e. The Morgan fingerprint density at radius 3 is 1.93 bits per heavy atom. The first-order chi connectivity index (χ1) is 6.61. The fraction of sp³-hybridized carbons (Fsp3) is 0.583. The fourth-order valence-corrected chi connectivity index (χ4v) is 1.62. The molecule has 2 nitrogen and oxygen atoms in total. The Morgan fingerprint density at radius 2 is 1.50 bits per heavy atom. The van der Waals surface area contributed by atoms with Crippen molar-refractivity contribution < 1.29 is 4.74 Å². The van der Waals surface area contributed by atoms with Gasteiger partial charge in [0.1, 0.15) is 11.9 Å². The first kappa shape index (κ1) is 11.0. The Bertz CT molecular complexity index is 248. The van der Waals surface area contributed by atoms with Crippen LogP contribution >= 0.6 is 0 Å². The summed E-state index contributed by atoms with van der Waals surface area (Å²) in [7, 11) is 0. The summed E-state index contributed by atoms with van der Waals surface area (Å²) < 4.78 is 5.90. The summed E-state index contributed by atoms with van der Waals surface area (Å²) in [5.74, 6) is 1.97. The highest BCUT2D eigenvalue weighted by Crippen LogP contribution is 2.20. The number of ether oxygens (including phenoxy) is 1. The molecule has 0 amide bonds. The van der Waals surface area contributed by atoms with E-state index in [0.29, 0.717) is 11.8 Å². The van der Waals surface area contributed by atoms with Gasteiger partial charge in [-0.05, 0) is 24.0 Å². The first-order valence-electron chi connectivity index (χ1n) is 5.18. The summed E-state index contributed by atoms with van der Waals surface area (Å²) in [4.78, 5) is 3.96. The van der Waals surface area contributed by atoms with Gasteiger partial charge in [-0.3, -0.25) is 4.98 Å². The van der Waals surface area contributed by atoms with Crippen LogP contribution in [0, 0.1) is 11.8 Å². The van der Waals surface area contributed by atoms with E-state index in [1.54, 1.807) is 12.4 Å². The lowest BCUT2D eigenvalue weighted by atomic mass is 9.96. The smallest absolute Gasteiger partial charge is 0.122 e. The molecule has 1 heterocycles. The van der Waals surface area contributed by atoms with E-state index in [1.807, 2.05) is 12.1 Å². The van der Waals surface area contributed by atoms with E-state index in [-0.39, 0.29) is 6.10 Å². The van der Waals surface area contributed by atoms with Gasteiger partial charge < -0.3 is 4.74 Å². The third-order valence-corrected chi connectivity index (χ3v) is 2.24. The van der Waals surface area contributed by atoms with Crippen molar-refractivity contribution in [3.8, 4) is 5.75 Å². The summed E-state index contributed by atoms with van der Waals surface area (Å²) in [6.45, 7) is 8.75. The number of pyridine rings is 1. The largest absolute Gasteiger partial charge is 0.490 e. The summed E-state index contributed by atoms with van der Waals surface area (Å²) in [5.41, 5.74) is 0. The minimum absolute atomic E-state index is 0.275. The average Bonchev–Trinajstić information content (AvgIpc) is 2.15. The lowest BCUT2D eigenvalue weighted by Crippen LogP contribution is -2.28. The fourth-order valence-electron chi connectivity index (χ4n) is 1.62. The Kier molecular flexibility index (Phi) is 3.93. The molecule has 1 aromatic heterocycles. The first-order valence-corrected chi connectivity index (χ1v) is 5.18. The third kappa shape index (κ3) is 3.02. The SMILES string of the molecule is CC(C)C(Oc1ccncc1)C(C)C. The van der Waals surface area contributed by atoms with Gasteiger partial charge in [0, 0.05) is 12.4 Å². The molecule has 1 aromatic rings. The number of rotatable bonds is 4. The van der Waals surface area contributed by atoms with Crippen molar-refractivity contribution in [1.29, 1.82) is 0 Å². The molecule has 0 fully saturated rings. The minimum atomic E-state index is 0.275. The summed E-state index contributed by atoms with van der Waals surface area (Å²) in [6, 6.07) is 3.80. The molecular weight excluding hydrogens is 174 g/mol. The molecule has 1 rings (SSSR count). The molecule has 0 N–H and O–H groups in total. The normalized spacial score (nSPS) is 11.4. The van der Waals surface area contributed by atoms with Crippen LogP contribution in [0.4, 0.5) is 0 Å². The van der Waals surface area contributed by atoms with E-state index in [4.69, 9.17) is 4.74 Å². The Labute approximate surface area is 86.3 Å². The summed E-state index contributed by atoms with van der Waals surface area (Å²) in [6.07, 6.45) is 3.79. The van der Waals surface area contributed by atoms with Crippen LogP contribution in [0.15, 0.2) is 24.5 Å². The number of nitrogens with zero attached hydrogens (tertiary/aromatic N) is 1. The Balaban J connectivity index is 2.65. The maximum atomic E-state index is 5.90. The van der Waals surface area contributed by atoms with Gasteiger partial charge in [-0.25, -0.2) is 0 Å². The molecule has 0 atom stereocenters. The van der Waals surface area contributed by atoms with E-state index in [0.717, 1.165) is 5.75 Å². The number of hydrogen-bond donors (Lipinski definition) is 0. The van der Waals surface area contributed by atoms with Gasteiger partial charge in [0.25, 0.3) is 0 Å². The lowest BCUT2D eigenvalue weighted by molar-refractivity contribution is 0.105. The van der Waals surface area contributed by atoms with Crippen LogP contribution in [0.2, 0.25) is 0 Å². The van der Waals surface area contributed by atoms with Crippen molar-refractivity contribution in [2.24, 2.45) is 11.8 Å². The molecule has 0 radical (unpaired) electrons. The third-order valence-electron chi connectivity index (χ3n) is 2.24. The monoisotopic (exact) mass is 193 g/mol. The van der Waals surface area contributed by atoms with E-state index in [1.165, 1.54) is 0 Å². The van der Waals surface area contributed by atoms with E-state index >= 15 is 0 Å². The van der Waals surface area contributed by atoms with Gasteiger partial charge in [0.15, 0.2) is 0 Å². The Morgan fingerprint density at radius 1 is 1.00 bits per heavy atom. The molecule has 0 bridgehead atoms. The van der Waals surface area contributed by atoms with Crippen molar-refractivity contribution in [2.75, 3.05) is 0 Å². The van der Waals surface area contributed by atoms with Crippen LogP contribution in [0.25, 0.3) is 0 Å². The lowest BCUT2D eigenvalue weighted by Gasteiger charge is -2.25. The Hall–Kier alpha value is -1.05. The number of aromatic nitrogens is 1. The topological polar surface area (TPSA) is 22.1 Å². The van der Waals surface area contributed by atoms with Crippen molar-refractivity contribution >= 4 is 0 Å². The number of hydrogen-bond acceptors (Lipinski definition) is 2. The van der Waals surface area contributed by atoms with Crippen LogP contribution in [0.3, 0.4) is 0 Å². The second-order valence-electron chi connectivity index (χ2n) is 4.25. The molecule has 14 heavy (non-hydrogen) atoms. The molecule has 0 saturated heterocycles. The van der Waals surface area contributed by atoms with Crippen molar-refractivity contribution in [3.05, 3.63) is 24.5 Å². The predicted molar refractivity (Wildman–Crippen MR) is 58.3 cm³/mol.